The van der Waals surface area contributed by atoms with Crippen LogP contribution in [-0.2, 0) is 16.1 Å². The van der Waals surface area contributed by atoms with Gasteiger partial charge in [0.25, 0.3) is 0 Å². The van der Waals surface area contributed by atoms with Crippen molar-refractivity contribution in [3.05, 3.63) is 53.9 Å². The average Bonchev–Trinajstić information content (AvgIpc) is 2.64. The molecule has 2 N–H and O–H groups in total. The highest BCUT2D eigenvalue weighted by molar-refractivity contribution is 6.03. The van der Waals surface area contributed by atoms with Crippen LogP contribution in [0.15, 0.2) is 42.6 Å². The maximum atomic E-state index is 12.1. The van der Waals surface area contributed by atoms with Gasteiger partial charge < -0.3 is 15.5 Å². The molecule has 1 aromatic heterocycles. The molecule has 138 valence electrons. The van der Waals surface area contributed by atoms with Crippen LogP contribution in [0.2, 0.25) is 0 Å². The number of nitrogens with zero attached hydrogens (tertiary/aromatic N) is 2. The van der Waals surface area contributed by atoms with Crippen molar-refractivity contribution < 1.29 is 9.59 Å². The Bertz CT molecular complexity index is 743. The van der Waals surface area contributed by atoms with Crippen LogP contribution >= 0.6 is 0 Å². The Morgan fingerprint density at radius 1 is 1.08 bits per heavy atom. The first-order valence-electron chi connectivity index (χ1n) is 8.85. The number of nitrogens with one attached hydrogen (secondary N) is 2. The third kappa shape index (κ3) is 5.58. The Hall–Kier alpha value is -2.89. The zero-order valence-electron chi connectivity index (χ0n) is 15.6. The Kier molecular flexibility index (Phi) is 7.14. The van der Waals surface area contributed by atoms with Gasteiger partial charge >= 0.3 is 0 Å². The van der Waals surface area contributed by atoms with E-state index >= 15 is 0 Å². The van der Waals surface area contributed by atoms with Crippen LogP contribution in [0.3, 0.4) is 0 Å². The third-order valence-electron chi connectivity index (χ3n) is 4.13. The van der Waals surface area contributed by atoms with E-state index in [-0.39, 0.29) is 18.2 Å². The van der Waals surface area contributed by atoms with Gasteiger partial charge in [-0.1, -0.05) is 6.07 Å². The largest absolute Gasteiger partial charge is 0.372 e. The Morgan fingerprint density at radius 2 is 1.85 bits per heavy atom. The van der Waals surface area contributed by atoms with Gasteiger partial charge in [0.05, 0.1) is 12.2 Å². The minimum Gasteiger partial charge on any atom is -0.372 e. The molecule has 0 unspecified atom stereocenters. The summed E-state index contributed by atoms with van der Waals surface area (Å²) >= 11 is 0. The summed E-state index contributed by atoms with van der Waals surface area (Å²) in [5.41, 5.74) is 3.57. The van der Waals surface area contributed by atoms with Crippen molar-refractivity contribution >= 4 is 23.2 Å². The summed E-state index contributed by atoms with van der Waals surface area (Å²) in [5, 5.41) is 5.51. The van der Waals surface area contributed by atoms with Crippen molar-refractivity contribution in [1.82, 2.24) is 10.3 Å². The molecule has 6 heteroatoms. The lowest BCUT2D eigenvalue weighted by Gasteiger charge is -2.22. The van der Waals surface area contributed by atoms with Gasteiger partial charge in [-0.05, 0) is 56.7 Å². The van der Waals surface area contributed by atoms with E-state index in [0.717, 1.165) is 35.7 Å². The summed E-state index contributed by atoms with van der Waals surface area (Å²) in [7, 11) is 0. The highest BCUT2D eigenvalue weighted by atomic mass is 16.2. The van der Waals surface area contributed by atoms with Crippen molar-refractivity contribution in [1.29, 1.82) is 0 Å². The van der Waals surface area contributed by atoms with Crippen LogP contribution in [-0.4, -0.2) is 29.9 Å². The second-order valence-electron chi connectivity index (χ2n) is 5.99. The van der Waals surface area contributed by atoms with Crippen molar-refractivity contribution in [3.8, 4) is 0 Å². The fourth-order valence-corrected chi connectivity index (χ4v) is 2.67. The van der Waals surface area contributed by atoms with Gasteiger partial charge in [-0.25, -0.2) is 0 Å². The Morgan fingerprint density at radius 3 is 2.46 bits per heavy atom. The van der Waals surface area contributed by atoms with Crippen LogP contribution in [0.4, 0.5) is 11.4 Å². The lowest BCUT2D eigenvalue weighted by Crippen LogP contribution is -2.28. The number of aromatic nitrogens is 1. The molecule has 0 saturated carbocycles. The van der Waals surface area contributed by atoms with Gasteiger partial charge in [0.2, 0.25) is 11.8 Å². The number of carbonyl (C=O) groups is 2. The van der Waals surface area contributed by atoms with Gasteiger partial charge in [-0.3, -0.25) is 14.6 Å². The molecule has 6 nitrogen and oxygen atoms in total. The molecule has 2 amide bonds. The summed E-state index contributed by atoms with van der Waals surface area (Å²) in [5.74, 6) is -0.659. The lowest BCUT2D eigenvalue weighted by molar-refractivity contribution is -0.126. The molecule has 0 saturated heterocycles. The molecule has 0 aliphatic carbocycles. The van der Waals surface area contributed by atoms with Gasteiger partial charge in [-0.15, -0.1) is 0 Å². The summed E-state index contributed by atoms with van der Waals surface area (Å²) in [6, 6.07) is 11.4. The van der Waals surface area contributed by atoms with E-state index in [2.05, 4.69) is 34.4 Å². The molecule has 0 bridgehead atoms. The second kappa shape index (κ2) is 9.56. The van der Waals surface area contributed by atoms with Crippen LogP contribution in [0.5, 0.6) is 0 Å². The normalized spacial score (nSPS) is 10.3. The molecular weight excluding hydrogens is 328 g/mol. The number of rotatable bonds is 8. The van der Waals surface area contributed by atoms with Gasteiger partial charge in [0, 0.05) is 30.7 Å². The zero-order valence-corrected chi connectivity index (χ0v) is 15.6. The van der Waals surface area contributed by atoms with Gasteiger partial charge in [0.1, 0.15) is 6.42 Å². The second-order valence-corrected chi connectivity index (χ2v) is 5.99. The standard InChI is InChI=1S/C20H26N4O2/c1-4-24(5-2)17-9-10-18(15(3)12-17)23-20(26)13-19(25)22-14-16-8-6-7-11-21-16/h6-12H,4-5,13-14H2,1-3H3,(H,22,25)(H,23,26). The molecule has 0 spiro atoms. The molecule has 2 rings (SSSR count). The van der Waals surface area contributed by atoms with E-state index in [1.54, 1.807) is 6.20 Å². The molecule has 0 aliphatic heterocycles. The number of amides is 2. The number of hydrogen-bond acceptors (Lipinski definition) is 4. The average molecular weight is 354 g/mol. The van der Waals surface area contributed by atoms with E-state index in [4.69, 9.17) is 0 Å². The van der Waals surface area contributed by atoms with E-state index in [0.29, 0.717) is 6.54 Å². The number of aryl methyl sites for hydroxylation is 1. The monoisotopic (exact) mass is 354 g/mol. The zero-order chi connectivity index (χ0) is 18.9. The summed E-state index contributed by atoms with van der Waals surface area (Å²) in [6.07, 6.45) is 1.45. The predicted molar refractivity (Wildman–Crippen MR) is 104 cm³/mol. The molecule has 0 atom stereocenters. The number of hydrogen-bond donors (Lipinski definition) is 2. The van der Waals surface area contributed by atoms with Gasteiger partial charge in [0.15, 0.2) is 0 Å². The first-order chi connectivity index (χ1) is 12.5. The molecule has 1 heterocycles. The van der Waals surface area contributed by atoms with Crippen molar-refractivity contribution in [2.75, 3.05) is 23.3 Å². The number of anilines is 2. The molecule has 0 fully saturated rings. The first kappa shape index (κ1) is 19.4. The van der Waals surface area contributed by atoms with Crippen LogP contribution in [0.1, 0.15) is 31.5 Å². The molecule has 0 aliphatic rings. The number of carbonyl (C=O) groups excluding carboxylic acids is 2. The predicted octanol–water partition coefficient (Wildman–Crippen LogP) is 2.88. The van der Waals surface area contributed by atoms with E-state index in [1.807, 2.05) is 43.3 Å². The molecular formula is C20H26N4O2. The highest BCUT2D eigenvalue weighted by Crippen LogP contribution is 2.22. The fourth-order valence-electron chi connectivity index (χ4n) is 2.67. The minimum absolute atomic E-state index is 0.218. The maximum absolute atomic E-state index is 12.1. The number of benzene rings is 1. The van der Waals surface area contributed by atoms with E-state index < -0.39 is 0 Å². The Labute approximate surface area is 154 Å². The summed E-state index contributed by atoms with van der Waals surface area (Å²) < 4.78 is 0. The lowest BCUT2D eigenvalue weighted by atomic mass is 10.1. The van der Waals surface area contributed by atoms with Crippen LogP contribution in [0, 0.1) is 6.92 Å². The smallest absolute Gasteiger partial charge is 0.233 e. The topological polar surface area (TPSA) is 74.3 Å². The van der Waals surface area contributed by atoms with Crippen LogP contribution < -0.4 is 15.5 Å². The fraction of sp³-hybridized carbons (Fsp3) is 0.350. The molecule has 26 heavy (non-hydrogen) atoms. The minimum atomic E-state index is -0.331. The van der Waals surface area contributed by atoms with Gasteiger partial charge in [-0.2, -0.15) is 0 Å². The third-order valence-corrected chi connectivity index (χ3v) is 4.13. The molecule has 0 radical (unpaired) electrons. The highest BCUT2D eigenvalue weighted by Gasteiger charge is 2.12. The summed E-state index contributed by atoms with van der Waals surface area (Å²) in [6.45, 7) is 8.33. The molecule has 2 aromatic rings. The van der Waals surface area contributed by atoms with Crippen molar-refractivity contribution in [2.24, 2.45) is 0 Å². The van der Waals surface area contributed by atoms with E-state index in [9.17, 15) is 9.59 Å². The van der Waals surface area contributed by atoms with Crippen molar-refractivity contribution in [2.45, 2.75) is 33.7 Å². The SMILES string of the molecule is CCN(CC)c1ccc(NC(=O)CC(=O)NCc2ccccn2)c(C)c1. The quantitative estimate of drug-likeness (QED) is 0.715. The van der Waals surface area contributed by atoms with Crippen molar-refractivity contribution in [3.63, 3.8) is 0 Å². The Balaban J connectivity index is 1.88. The van der Waals surface area contributed by atoms with E-state index in [1.165, 1.54) is 0 Å². The van der Waals surface area contributed by atoms with Crippen LogP contribution in [0.25, 0.3) is 0 Å². The first-order valence-corrected chi connectivity index (χ1v) is 8.85. The molecule has 1 aromatic carbocycles. The maximum Gasteiger partial charge on any atom is 0.233 e. The number of pyridine rings is 1. The summed E-state index contributed by atoms with van der Waals surface area (Å²) in [4.78, 5) is 30.4.